The van der Waals surface area contributed by atoms with E-state index in [-0.39, 0.29) is 0 Å². The topological polar surface area (TPSA) is 49.6 Å². The van der Waals surface area contributed by atoms with Crippen LogP contribution in [0.25, 0.3) is 11.3 Å². The number of aromatic nitrogens is 2. The zero-order valence-electron chi connectivity index (χ0n) is 7.68. The van der Waals surface area contributed by atoms with E-state index in [4.69, 9.17) is 16.9 Å². The molecular weight excluding hydrogens is 210 g/mol. The lowest BCUT2D eigenvalue weighted by Gasteiger charge is -2.00. The van der Waals surface area contributed by atoms with Crippen molar-refractivity contribution >= 4 is 11.6 Å². The van der Waals surface area contributed by atoms with Crippen LogP contribution in [0.4, 0.5) is 0 Å². The predicted molar refractivity (Wildman–Crippen MR) is 57.2 cm³/mol. The van der Waals surface area contributed by atoms with Crippen LogP contribution in [0, 0.1) is 11.3 Å². The van der Waals surface area contributed by atoms with Crippen LogP contribution < -0.4 is 0 Å². The molecule has 72 valence electrons. The van der Waals surface area contributed by atoms with Gasteiger partial charge in [0.15, 0.2) is 0 Å². The minimum atomic E-state index is 0.426. The lowest BCUT2D eigenvalue weighted by Crippen LogP contribution is -1.86. The number of nitrogens with zero attached hydrogens (tertiary/aromatic N) is 3. The summed E-state index contributed by atoms with van der Waals surface area (Å²) in [6.45, 7) is 0. The van der Waals surface area contributed by atoms with Crippen LogP contribution in [0.3, 0.4) is 0 Å². The number of rotatable bonds is 1. The molecule has 0 spiro atoms. The van der Waals surface area contributed by atoms with Crippen LogP contribution in [0.15, 0.2) is 36.7 Å². The average molecular weight is 216 g/mol. The Balaban J connectivity index is 2.50. The smallest absolute Gasteiger partial charge is 0.129 e. The van der Waals surface area contributed by atoms with E-state index in [0.29, 0.717) is 16.4 Å². The number of hydrogen-bond donors (Lipinski definition) is 0. The van der Waals surface area contributed by atoms with Gasteiger partial charge >= 0.3 is 0 Å². The van der Waals surface area contributed by atoms with E-state index in [1.165, 1.54) is 6.20 Å². The average Bonchev–Trinajstić information content (AvgIpc) is 2.29. The fourth-order valence-corrected chi connectivity index (χ4v) is 1.37. The van der Waals surface area contributed by atoms with Crippen molar-refractivity contribution in [1.29, 1.82) is 5.26 Å². The highest BCUT2D eigenvalue weighted by Gasteiger charge is 2.01. The molecule has 0 aliphatic carbocycles. The molecule has 0 aromatic carbocycles. The molecule has 0 amide bonds. The molecule has 0 fully saturated rings. The summed E-state index contributed by atoms with van der Waals surface area (Å²) in [5, 5.41) is 9.15. The zero-order chi connectivity index (χ0) is 10.7. The molecule has 2 heterocycles. The van der Waals surface area contributed by atoms with E-state index >= 15 is 0 Å². The van der Waals surface area contributed by atoms with Crippen molar-refractivity contribution in [3.8, 4) is 17.3 Å². The van der Waals surface area contributed by atoms with Crippen molar-refractivity contribution in [2.24, 2.45) is 0 Å². The summed E-state index contributed by atoms with van der Waals surface area (Å²) in [5.41, 5.74) is 2.01. The third kappa shape index (κ3) is 2.12. The Morgan fingerprint density at radius 2 is 2.13 bits per heavy atom. The number of pyridine rings is 2. The van der Waals surface area contributed by atoms with Gasteiger partial charge in [0.25, 0.3) is 0 Å². The monoisotopic (exact) mass is 215 g/mol. The Morgan fingerprint density at radius 3 is 2.87 bits per heavy atom. The largest absolute Gasteiger partial charge is 0.263 e. The first kappa shape index (κ1) is 9.63. The molecule has 0 atom stereocenters. The fourth-order valence-electron chi connectivity index (χ4n) is 1.21. The third-order valence-electron chi connectivity index (χ3n) is 1.88. The summed E-state index contributed by atoms with van der Waals surface area (Å²) in [6.07, 6.45) is 3.16. The van der Waals surface area contributed by atoms with Crippen molar-refractivity contribution in [2.75, 3.05) is 0 Å². The van der Waals surface area contributed by atoms with Gasteiger partial charge in [-0.3, -0.25) is 4.98 Å². The molecule has 0 radical (unpaired) electrons. The first-order valence-corrected chi connectivity index (χ1v) is 4.65. The van der Waals surface area contributed by atoms with Gasteiger partial charge in [0.2, 0.25) is 0 Å². The molecule has 0 saturated carbocycles. The third-order valence-corrected chi connectivity index (χ3v) is 2.09. The Labute approximate surface area is 92.0 Å². The van der Waals surface area contributed by atoms with Crippen molar-refractivity contribution < 1.29 is 0 Å². The van der Waals surface area contributed by atoms with Crippen molar-refractivity contribution in [3.63, 3.8) is 0 Å². The van der Waals surface area contributed by atoms with Gasteiger partial charge in [-0.25, -0.2) is 4.98 Å². The summed E-state index contributed by atoms with van der Waals surface area (Å²) in [5.74, 6) is 0. The summed E-state index contributed by atoms with van der Waals surface area (Å²) in [4.78, 5) is 8.09. The molecule has 2 aromatic rings. The molecule has 2 aromatic heterocycles. The first-order chi connectivity index (χ1) is 7.29. The maximum atomic E-state index is 8.73. The van der Waals surface area contributed by atoms with E-state index in [2.05, 4.69) is 9.97 Å². The summed E-state index contributed by atoms with van der Waals surface area (Å²) in [6, 6.07) is 9.09. The van der Waals surface area contributed by atoms with E-state index < -0.39 is 0 Å². The van der Waals surface area contributed by atoms with Gasteiger partial charge in [-0.1, -0.05) is 17.7 Å². The molecule has 0 N–H and O–H groups in total. The van der Waals surface area contributed by atoms with Crippen LogP contribution in [0.2, 0.25) is 5.15 Å². The van der Waals surface area contributed by atoms with Crippen LogP contribution in [0.1, 0.15) is 5.56 Å². The molecule has 0 bridgehead atoms. The lowest BCUT2D eigenvalue weighted by molar-refractivity contribution is 1.26. The SMILES string of the molecule is N#Cc1cncc(-c2cccc(Cl)n2)c1. The van der Waals surface area contributed by atoms with Crippen LogP contribution in [-0.4, -0.2) is 9.97 Å². The van der Waals surface area contributed by atoms with Crippen LogP contribution in [0.5, 0.6) is 0 Å². The first-order valence-electron chi connectivity index (χ1n) is 4.27. The molecule has 3 nitrogen and oxygen atoms in total. The molecular formula is C11H6ClN3. The quantitative estimate of drug-likeness (QED) is 0.688. The van der Waals surface area contributed by atoms with Crippen molar-refractivity contribution in [3.05, 3.63) is 47.4 Å². The number of nitriles is 1. The number of hydrogen-bond acceptors (Lipinski definition) is 3. The standard InChI is InChI=1S/C11H6ClN3/c12-11-3-1-2-10(15-11)9-4-8(5-13)6-14-7-9/h1-4,6-7H. The highest BCUT2D eigenvalue weighted by molar-refractivity contribution is 6.29. The highest BCUT2D eigenvalue weighted by atomic mass is 35.5. The molecule has 0 aliphatic rings. The van der Waals surface area contributed by atoms with E-state index in [1.54, 1.807) is 18.3 Å². The van der Waals surface area contributed by atoms with Crippen molar-refractivity contribution in [2.45, 2.75) is 0 Å². The van der Waals surface area contributed by atoms with Crippen LogP contribution >= 0.6 is 11.6 Å². The van der Waals surface area contributed by atoms with Gasteiger partial charge in [0.05, 0.1) is 11.3 Å². The van der Waals surface area contributed by atoms with Gasteiger partial charge < -0.3 is 0 Å². The lowest BCUT2D eigenvalue weighted by atomic mass is 10.1. The Hall–Kier alpha value is -1.92. The van der Waals surface area contributed by atoms with E-state index in [9.17, 15) is 0 Å². The van der Waals surface area contributed by atoms with E-state index in [1.807, 2.05) is 18.2 Å². The Kier molecular flexibility index (Phi) is 2.61. The van der Waals surface area contributed by atoms with Crippen molar-refractivity contribution in [1.82, 2.24) is 9.97 Å². The fraction of sp³-hybridized carbons (Fsp3) is 0. The second-order valence-electron chi connectivity index (χ2n) is 2.92. The molecule has 4 heteroatoms. The van der Waals surface area contributed by atoms with Gasteiger partial charge in [0.1, 0.15) is 11.2 Å². The summed E-state index contributed by atoms with van der Waals surface area (Å²) in [7, 11) is 0. The normalized spacial score (nSPS) is 9.60. The maximum Gasteiger partial charge on any atom is 0.129 e. The van der Waals surface area contributed by atoms with Gasteiger partial charge in [-0.05, 0) is 18.2 Å². The second-order valence-corrected chi connectivity index (χ2v) is 3.31. The molecule has 0 saturated heterocycles. The van der Waals surface area contributed by atoms with Crippen LogP contribution in [-0.2, 0) is 0 Å². The minimum absolute atomic E-state index is 0.426. The highest BCUT2D eigenvalue weighted by Crippen LogP contribution is 2.18. The molecule has 0 aliphatic heterocycles. The Bertz CT molecular complexity index is 531. The molecule has 0 unspecified atom stereocenters. The Morgan fingerprint density at radius 1 is 1.27 bits per heavy atom. The zero-order valence-corrected chi connectivity index (χ0v) is 8.44. The van der Waals surface area contributed by atoms with Gasteiger partial charge in [-0.15, -0.1) is 0 Å². The predicted octanol–water partition coefficient (Wildman–Crippen LogP) is 2.67. The van der Waals surface area contributed by atoms with E-state index in [0.717, 1.165) is 5.56 Å². The second kappa shape index (κ2) is 4.07. The van der Waals surface area contributed by atoms with Gasteiger partial charge in [0, 0.05) is 18.0 Å². The minimum Gasteiger partial charge on any atom is -0.263 e. The summed E-state index contributed by atoms with van der Waals surface area (Å²) < 4.78 is 0. The molecule has 15 heavy (non-hydrogen) atoms. The van der Waals surface area contributed by atoms with Gasteiger partial charge in [-0.2, -0.15) is 5.26 Å². The summed E-state index contributed by atoms with van der Waals surface area (Å²) >= 11 is 5.77. The molecule has 2 rings (SSSR count). The maximum absolute atomic E-state index is 8.73. The number of halogens is 1.